The zero-order valence-corrected chi connectivity index (χ0v) is 29.8. The zero-order valence-electron chi connectivity index (χ0n) is 29.8. The summed E-state index contributed by atoms with van der Waals surface area (Å²) in [5, 5.41) is 2.28. The summed E-state index contributed by atoms with van der Waals surface area (Å²) in [6, 6.07) is 67.8. The summed E-state index contributed by atoms with van der Waals surface area (Å²) in [4.78, 5) is 2.38. The SMILES string of the molecule is CC1(C)c2cc(-c3ccccc3)ccc2-c2ccc(N(c3ccc(-c4ccccc4)cc3)c3ccc(-c4cccc5c4oc4ccccc45)cc3)cc21. The van der Waals surface area contributed by atoms with Crippen LogP contribution < -0.4 is 4.90 Å². The maximum absolute atomic E-state index is 6.41. The van der Waals surface area contributed by atoms with Gasteiger partial charge in [0.25, 0.3) is 0 Å². The van der Waals surface area contributed by atoms with Crippen molar-refractivity contribution in [2.45, 2.75) is 19.3 Å². The van der Waals surface area contributed by atoms with Crippen molar-refractivity contribution in [2.75, 3.05) is 4.90 Å². The van der Waals surface area contributed by atoms with Gasteiger partial charge in [0.05, 0.1) is 0 Å². The molecule has 8 aromatic carbocycles. The van der Waals surface area contributed by atoms with Crippen LogP contribution in [0.15, 0.2) is 192 Å². The quantitative estimate of drug-likeness (QED) is 0.174. The lowest BCUT2D eigenvalue weighted by Gasteiger charge is -2.28. The molecule has 2 heteroatoms. The number of anilines is 3. The van der Waals surface area contributed by atoms with Crippen molar-refractivity contribution >= 4 is 39.0 Å². The second kappa shape index (κ2) is 12.3. The van der Waals surface area contributed by atoms with Crippen LogP contribution in [0.3, 0.4) is 0 Å². The summed E-state index contributed by atoms with van der Waals surface area (Å²) in [7, 11) is 0. The molecule has 0 saturated carbocycles. The molecule has 1 heterocycles. The summed E-state index contributed by atoms with van der Waals surface area (Å²) >= 11 is 0. The zero-order chi connectivity index (χ0) is 35.5. The van der Waals surface area contributed by atoms with Crippen molar-refractivity contribution in [3.63, 3.8) is 0 Å². The van der Waals surface area contributed by atoms with Gasteiger partial charge in [0.2, 0.25) is 0 Å². The van der Waals surface area contributed by atoms with E-state index in [9.17, 15) is 0 Å². The average molecular weight is 680 g/mol. The fourth-order valence-electron chi connectivity index (χ4n) is 8.32. The standard InChI is InChI=1S/C51H37NO/c1-51(2)47-32-38(35-14-7-4-8-15-35)24-30-43(47)44-31-29-41(33-48(44)51)52(39-25-20-36(21-26-39)34-12-5-3-6-13-34)40-27-22-37(23-28-40)42-17-11-18-46-45-16-9-10-19-49(45)53-50(42)46/h3-33H,1-2H3. The highest BCUT2D eigenvalue weighted by molar-refractivity contribution is 6.09. The van der Waals surface area contributed by atoms with Crippen molar-refractivity contribution in [2.24, 2.45) is 0 Å². The number of benzene rings is 8. The van der Waals surface area contributed by atoms with Gasteiger partial charge >= 0.3 is 0 Å². The monoisotopic (exact) mass is 679 g/mol. The molecule has 0 spiro atoms. The molecule has 1 aliphatic rings. The molecule has 1 aliphatic carbocycles. The molecule has 53 heavy (non-hydrogen) atoms. The van der Waals surface area contributed by atoms with Crippen LogP contribution >= 0.6 is 0 Å². The van der Waals surface area contributed by atoms with Crippen LogP contribution in [0.5, 0.6) is 0 Å². The van der Waals surface area contributed by atoms with Gasteiger partial charge in [0.1, 0.15) is 11.2 Å². The van der Waals surface area contributed by atoms with Crippen LogP contribution in [0.25, 0.3) is 66.4 Å². The van der Waals surface area contributed by atoms with Gasteiger partial charge in [0, 0.05) is 38.8 Å². The molecule has 0 amide bonds. The van der Waals surface area contributed by atoms with E-state index in [4.69, 9.17) is 4.42 Å². The number of hydrogen-bond acceptors (Lipinski definition) is 2. The molecule has 252 valence electrons. The maximum Gasteiger partial charge on any atom is 0.143 e. The normalized spacial score (nSPS) is 12.9. The van der Waals surface area contributed by atoms with Crippen LogP contribution in [-0.4, -0.2) is 0 Å². The lowest BCUT2D eigenvalue weighted by molar-refractivity contribution is 0.660. The minimum Gasteiger partial charge on any atom is -0.455 e. The molecular weight excluding hydrogens is 643 g/mol. The van der Waals surface area contributed by atoms with Crippen LogP contribution in [0, 0.1) is 0 Å². The molecule has 2 nitrogen and oxygen atoms in total. The number of fused-ring (bicyclic) bond motifs is 6. The Morgan fingerprint density at radius 3 is 1.58 bits per heavy atom. The highest BCUT2D eigenvalue weighted by Gasteiger charge is 2.36. The maximum atomic E-state index is 6.41. The van der Waals surface area contributed by atoms with E-state index in [1.165, 1.54) is 44.5 Å². The Kier molecular flexibility index (Phi) is 7.19. The van der Waals surface area contributed by atoms with Gasteiger partial charge in [-0.15, -0.1) is 0 Å². The number of para-hydroxylation sites is 2. The third kappa shape index (κ3) is 5.18. The van der Waals surface area contributed by atoms with Crippen LogP contribution in [0.1, 0.15) is 25.0 Å². The minimum atomic E-state index is -0.163. The number of nitrogens with zero attached hydrogens (tertiary/aromatic N) is 1. The minimum absolute atomic E-state index is 0.163. The summed E-state index contributed by atoms with van der Waals surface area (Å²) in [6.45, 7) is 4.73. The van der Waals surface area contributed by atoms with Crippen molar-refractivity contribution in [3.8, 4) is 44.5 Å². The predicted molar refractivity (Wildman–Crippen MR) is 222 cm³/mol. The third-order valence-corrected chi connectivity index (χ3v) is 11.1. The van der Waals surface area contributed by atoms with E-state index in [0.29, 0.717) is 0 Å². The Morgan fingerprint density at radius 1 is 0.377 bits per heavy atom. The largest absolute Gasteiger partial charge is 0.455 e. The lowest BCUT2D eigenvalue weighted by atomic mass is 9.81. The number of hydrogen-bond donors (Lipinski definition) is 0. The molecule has 0 radical (unpaired) electrons. The topological polar surface area (TPSA) is 16.4 Å². The Bertz CT molecular complexity index is 2780. The molecule has 9 aromatic rings. The molecule has 0 bridgehead atoms. The number of rotatable bonds is 6. The van der Waals surface area contributed by atoms with Crippen LogP contribution in [0.4, 0.5) is 17.1 Å². The van der Waals surface area contributed by atoms with E-state index in [1.54, 1.807) is 0 Å². The van der Waals surface area contributed by atoms with E-state index in [1.807, 2.05) is 12.1 Å². The first-order valence-electron chi connectivity index (χ1n) is 18.3. The van der Waals surface area contributed by atoms with Gasteiger partial charge in [0.15, 0.2) is 0 Å². The van der Waals surface area contributed by atoms with Gasteiger partial charge in [-0.1, -0.05) is 153 Å². The van der Waals surface area contributed by atoms with E-state index >= 15 is 0 Å². The highest BCUT2D eigenvalue weighted by atomic mass is 16.3. The van der Waals surface area contributed by atoms with E-state index in [2.05, 4.69) is 195 Å². The van der Waals surface area contributed by atoms with E-state index < -0.39 is 0 Å². The van der Waals surface area contributed by atoms with Crippen molar-refractivity contribution in [1.82, 2.24) is 0 Å². The van der Waals surface area contributed by atoms with Gasteiger partial charge in [-0.25, -0.2) is 0 Å². The Morgan fingerprint density at radius 2 is 0.887 bits per heavy atom. The van der Waals surface area contributed by atoms with Gasteiger partial charge < -0.3 is 9.32 Å². The predicted octanol–water partition coefficient (Wildman–Crippen LogP) is 14.4. The first kappa shape index (κ1) is 31.1. The molecule has 0 fully saturated rings. The molecule has 0 aliphatic heterocycles. The molecule has 0 saturated heterocycles. The second-order valence-electron chi connectivity index (χ2n) is 14.6. The van der Waals surface area contributed by atoms with E-state index in [0.717, 1.165) is 50.1 Å². The summed E-state index contributed by atoms with van der Waals surface area (Å²) in [5.41, 5.74) is 17.5. The average Bonchev–Trinajstić information content (AvgIpc) is 3.71. The molecule has 0 unspecified atom stereocenters. The van der Waals surface area contributed by atoms with Crippen LogP contribution in [-0.2, 0) is 5.41 Å². The van der Waals surface area contributed by atoms with Crippen molar-refractivity contribution in [3.05, 3.63) is 199 Å². The Labute approximate surface area is 310 Å². The first-order chi connectivity index (χ1) is 26.0. The molecule has 0 atom stereocenters. The lowest BCUT2D eigenvalue weighted by Crippen LogP contribution is -2.16. The molecule has 1 aromatic heterocycles. The fourth-order valence-corrected chi connectivity index (χ4v) is 8.32. The number of furan rings is 1. The van der Waals surface area contributed by atoms with Gasteiger partial charge in [-0.2, -0.15) is 0 Å². The highest BCUT2D eigenvalue weighted by Crippen LogP contribution is 2.52. The Hall–Kier alpha value is -6.64. The van der Waals surface area contributed by atoms with Crippen molar-refractivity contribution < 1.29 is 4.42 Å². The second-order valence-corrected chi connectivity index (χ2v) is 14.6. The van der Waals surface area contributed by atoms with Crippen molar-refractivity contribution in [1.29, 1.82) is 0 Å². The Balaban J connectivity index is 1.07. The summed E-state index contributed by atoms with van der Waals surface area (Å²) in [5.74, 6) is 0. The third-order valence-electron chi connectivity index (χ3n) is 11.1. The van der Waals surface area contributed by atoms with E-state index in [-0.39, 0.29) is 5.41 Å². The van der Waals surface area contributed by atoms with Gasteiger partial charge in [-0.3, -0.25) is 0 Å². The summed E-state index contributed by atoms with van der Waals surface area (Å²) in [6.07, 6.45) is 0. The first-order valence-corrected chi connectivity index (χ1v) is 18.3. The van der Waals surface area contributed by atoms with Crippen LogP contribution in [0.2, 0.25) is 0 Å². The molecule has 0 N–H and O–H groups in total. The summed E-state index contributed by atoms with van der Waals surface area (Å²) < 4.78 is 6.41. The smallest absolute Gasteiger partial charge is 0.143 e. The fraction of sp³-hybridized carbons (Fsp3) is 0.0588. The van der Waals surface area contributed by atoms with Gasteiger partial charge in [-0.05, 0) is 98.6 Å². The molecular formula is C51H37NO. The molecule has 10 rings (SSSR count).